The van der Waals surface area contributed by atoms with Gasteiger partial charge in [-0.25, -0.2) is 0 Å². The fourth-order valence-electron chi connectivity index (χ4n) is 2.40. The van der Waals surface area contributed by atoms with Crippen LogP contribution in [0.1, 0.15) is 36.2 Å². The first-order chi connectivity index (χ1) is 13.0. The van der Waals surface area contributed by atoms with Gasteiger partial charge in [0.2, 0.25) is 5.91 Å². The monoisotopic (exact) mass is 370 g/mol. The molecule has 0 aliphatic carbocycles. The summed E-state index contributed by atoms with van der Waals surface area (Å²) < 4.78 is 10.8. The molecule has 2 N–H and O–H groups in total. The maximum absolute atomic E-state index is 12.5. The van der Waals surface area contributed by atoms with Crippen molar-refractivity contribution in [2.24, 2.45) is 0 Å². The molecular weight excluding hydrogens is 344 g/mol. The van der Waals surface area contributed by atoms with Gasteiger partial charge in [-0.2, -0.15) is 0 Å². The molecule has 144 valence electrons. The molecule has 0 unspecified atom stereocenters. The molecule has 2 aromatic rings. The van der Waals surface area contributed by atoms with Crippen LogP contribution in [0.3, 0.4) is 0 Å². The van der Waals surface area contributed by atoms with E-state index in [1.54, 1.807) is 43.3 Å². The zero-order valence-corrected chi connectivity index (χ0v) is 16.0. The van der Waals surface area contributed by atoms with Crippen molar-refractivity contribution in [3.05, 3.63) is 53.6 Å². The van der Waals surface area contributed by atoms with E-state index in [-0.39, 0.29) is 11.8 Å². The Morgan fingerprint density at radius 2 is 1.59 bits per heavy atom. The predicted molar refractivity (Wildman–Crippen MR) is 106 cm³/mol. The van der Waals surface area contributed by atoms with E-state index in [2.05, 4.69) is 10.6 Å². The number of amides is 2. The highest BCUT2D eigenvalue weighted by Gasteiger charge is 2.11. The van der Waals surface area contributed by atoms with Gasteiger partial charge in [-0.15, -0.1) is 0 Å². The van der Waals surface area contributed by atoms with E-state index in [0.717, 1.165) is 5.56 Å². The Bertz CT molecular complexity index is 772. The molecular formula is C21H26N2O4. The second kappa shape index (κ2) is 10.3. The number of benzene rings is 2. The number of ether oxygens (including phenoxy) is 2. The van der Waals surface area contributed by atoms with Gasteiger partial charge in [-0.05, 0) is 55.8 Å². The Balaban J connectivity index is 2.00. The first-order valence-electron chi connectivity index (χ1n) is 9.06. The number of hydrogen-bond donors (Lipinski definition) is 2. The van der Waals surface area contributed by atoms with Crippen LogP contribution in [0.4, 0.5) is 11.4 Å². The topological polar surface area (TPSA) is 76.7 Å². The quantitative estimate of drug-likeness (QED) is 0.654. The molecule has 0 saturated heterocycles. The summed E-state index contributed by atoms with van der Waals surface area (Å²) in [4.78, 5) is 24.1. The van der Waals surface area contributed by atoms with Gasteiger partial charge in [-0.3, -0.25) is 9.59 Å². The number of carbonyl (C=O) groups excluding carboxylic acids is 2. The standard InChI is InChI=1S/C21H26N2O4/c1-4-20(24)22-18-7-6-8-19(15(18)3)23-21(25)16-9-11-17(12-10-16)27-14-13-26-5-2/h6-12H,4-5,13-14H2,1-3H3,(H,22,24)(H,23,25). The van der Waals surface area contributed by atoms with Crippen LogP contribution in [0.25, 0.3) is 0 Å². The maximum atomic E-state index is 12.5. The summed E-state index contributed by atoms with van der Waals surface area (Å²) in [6.07, 6.45) is 0.398. The van der Waals surface area contributed by atoms with Crippen LogP contribution in [0.15, 0.2) is 42.5 Å². The number of hydrogen-bond acceptors (Lipinski definition) is 4. The van der Waals surface area contributed by atoms with Gasteiger partial charge in [0.25, 0.3) is 5.91 Å². The van der Waals surface area contributed by atoms with Crippen LogP contribution in [0, 0.1) is 6.92 Å². The molecule has 2 rings (SSSR count). The van der Waals surface area contributed by atoms with Gasteiger partial charge >= 0.3 is 0 Å². The zero-order chi connectivity index (χ0) is 19.6. The smallest absolute Gasteiger partial charge is 0.255 e. The van der Waals surface area contributed by atoms with Gasteiger partial charge in [-0.1, -0.05) is 13.0 Å². The van der Waals surface area contributed by atoms with Crippen LogP contribution in [0.5, 0.6) is 5.75 Å². The minimum Gasteiger partial charge on any atom is -0.491 e. The van der Waals surface area contributed by atoms with Gasteiger partial charge in [0.05, 0.1) is 6.61 Å². The molecule has 0 saturated carbocycles. The second-order valence-electron chi connectivity index (χ2n) is 5.90. The van der Waals surface area contributed by atoms with Gasteiger partial charge < -0.3 is 20.1 Å². The van der Waals surface area contributed by atoms with Crippen LogP contribution >= 0.6 is 0 Å². The summed E-state index contributed by atoms with van der Waals surface area (Å²) in [6.45, 7) is 7.24. The van der Waals surface area contributed by atoms with Crippen molar-refractivity contribution in [2.75, 3.05) is 30.5 Å². The summed E-state index contributed by atoms with van der Waals surface area (Å²) in [7, 11) is 0. The predicted octanol–water partition coefficient (Wildman–Crippen LogP) is 4.01. The molecule has 0 radical (unpaired) electrons. The Hall–Kier alpha value is -2.86. The summed E-state index contributed by atoms with van der Waals surface area (Å²) >= 11 is 0. The van der Waals surface area contributed by atoms with Crippen LogP contribution in [-0.4, -0.2) is 31.6 Å². The summed E-state index contributed by atoms with van der Waals surface area (Å²) in [5.74, 6) is 0.395. The average Bonchev–Trinajstić information content (AvgIpc) is 2.68. The molecule has 2 amide bonds. The number of rotatable bonds is 9. The second-order valence-corrected chi connectivity index (χ2v) is 5.90. The Morgan fingerprint density at radius 1 is 0.926 bits per heavy atom. The average molecular weight is 370 g/mol. The van der Waals surface area contributed by atoms with E-state index < -0.39 is 0 Å². The number of carbonyl (C=O) groups is 2. The van der Waals surface area contributed by atoms with Gasteiger partial charge in [0.1, 0.15) is 12.4 Å². The fraction of sp³-hybridized carbons (Fsp3) is 0.333. The van der Waals surface area contributed by atoms with Crippen molar-refractivity contribution in [3.63, 3.8) is 0 Å². The minimum absolute atomic E-state index is 0.0681. The SMILES string of the molecule is CCOCCOc1ccc(C(=O)Nc2cccc(NC(=O)CC)c2C)cc1. The number of anilines is 2. The molecule has 0 aromatic heterocycles. The Labute approximate surface area is 159 Å². The van der Waals surface area contributed by atoms with Crippen molar-refractivity contribution in [1.29, 1.82) is 0 Å². The molecule has 0 aliphatic rings. The molecule has 0 fully saturated rings. The highest BCUT2D eigenvalue weighted by Crippen LogP contribution is 2.24. The molecule has 0 bridgehead atoms. The third-order valence-electron chi connectivity index (χ3n) is 3.99. The molecule has 27 heavy (non-hydrogen) atoms. The maximum Gasteiger partial charge on any atom is 0.255 e. The summed E-state index contributed by atoms with van der Waals surface area (Å²) in [5, 5.41) is 5.72. The largest absolute Gasteiger partial charge is 0.491 e. The van der Waals surface area contributed by atoms with Gasteiger partial charge in [0.15, 0.2) is 0 Å². The zero-order valence-electron chi connectivity index (χ0n) is 16.0. The summed E-state index contributed by atoms with van der Waals surface area (Å²) in [6, 6.07) is 12.3. The molecule has 0 heterocycles. The van der Waals surface area contributed by atoms with Gasteiger partial charge in [0, 0.05) is 30.0 Å². The van der Waals surface area contributed by atoms with Crippen LogP contribution in [-0.2, 0) is 9.53 Å². The van der Waals surface area contributed by atoms with Crippen LogP contribution < -0.4 is 15.4 Å². The number of nitrogens with one attached hydrogen (secondary N) is 2. The lowest BCUT2D eigenvalue weighted by Crippen LogP contribution is -2.15. The third kappa shape index (κ3) is 6.11. The van der Waals surface area contributed by atoms with E-state index in [1.165, 1.54) is 0 Å². The molecule has 6 nitrogen and oxygen atoms in total. The van der Waals surface area contributed by atoms with Crippen molar-refractivity contribution in [1.82, 2.24) is 0 Å². The Kier molecular flexibility index (Phi) is 7.82. The molecule has 0 atom stereocenters. The molecule has 6 heteroatoms. The molecule has 0 spiro atoms. The van der Waals surface area contributed by atoms with E-state index in [0.29, 0.717) is 48.9 Å². The minimum atomic E-state index is -0.224. The van der Waals surface area contributed by atoms with E-state index in [9.17, 15) is 9.59 Å². The third-order valence-corrected chi connectivity index (χ3v) is 3.99. The van der Waals surface area contributed by atoms with E-state index in [1.807, 2.05) is 19.9 Å². The highest BCUT2D eigenvalue weighted by atomic mass is 16.5. The summed E-state index contributed by atoms with van der Waals surface area (Å²) in [5.41, 5.74) is 2.68. The lowest BCUT2D eigenvalue weighted by Gasteiger charge is -2.13. The van der Waals surface area contributed by atoms with E-state index in [4.69, 9.17) is 9.47 Å². The fourth-order valence-corrected chi connectivity index (χ4v) is 2.40. The lowest BCUT2D eigenvalue weighted by molar-refractivity contribution is -0.115. The van der Waals surface area contributed by atoms with Crippen molar-refractivity contribution in [3.8, 4) is 5.75 Å². The normalized spacial score (nSPS) is 10.3. The molecule has 0 aliphatic heterocycles. The highest BCUT2D eigenvalue weighted by molar-refractivity contribution is 6.05. The molecule has 2 aromatic carbocycles. The van der Waals surface area contributed by atoms with Crippen molar-refractivity contribution >= 4 is 23.2 Å². The van der Waals surface area contributed by atoms with Crippen molar-refractivity contribution < 1.29 is 19.1 Å². The first kappa shape index (κ1) is 20.5. The Morgan fingerprint density at radius 3 is 2.22 bits per heavy atom. The van der Waals surface area contributed by atoms with Crippen molar-refractivity contribution in [2.45, 2.75) is 27.2 Å². The first-order valence-corrected chi connectivity index (χ1v) is 9.06. The van der Waals surface area contributed by atoms with Crippen LogP contribution in [0.2, 0.25) is 0 Å². The lowest BCUT2D eigenvalue weighted by atomic mass is 10.1. The van der Waals surface area contributed by atoms with E-state index >= 15 is 0 Å².